The number of carbonyl (C=O) groups excluding carboxylic acids is 1. The fraction of sp³-hybridized carbons (Fsp3) is 0.200. The zero-order valence-corrected chi connectivity index (χ0v) is 18.0. The predicted molar refractivity (Wildman–Crippen MR) is 116 cm³/mol. The largest absolute Gasteiger partial charge is 0.334 e. The number of carbonyl (C=O) groups is 1. The molecular formula is C20H16ClN4O3S2. The van der Waals surface area contributed by atoms with E-state index in [1.807, 2.05) is 12.1 Å². The number of sulfonamides is 1. The summed E-state index contributed by atoms with van der Waals surface area (Å²) in [5, 5.41) is 5.89. The van der Waals surface area contributed by atoms with Gasteiger partial charge in [-0.3, -0.25) is 15.1 Å². The van der Waals surface area contributed by atoms with Gasteiger partial charge in [-0.05, 0) is 35.7 Å². The summed E-state index contributed by atoms with van der Waals surface area (Å²) >= 11 is 7.17. The van der Waals surface area contributed by atoms with Crippen LogP contribution in [0.3, 0.4) is 0 Å². The van der Waals surface area contributed by atoms with E-state index >= 15 is 0 Å². The highest BCUT2D eigenvalue weighted by Crippen LogP contribution is 2.33. The summed E-state index contributed by atoms with van der Waals surface area (Å²) in [4.78, 5) is 18.4. The van der Waals surface area contributed by atoms with Gasteiger partial charge in [-0.15, -0.1) is 11.3 Å². The van der Waals surface area contributed by atoms with Gasteiger partial charge in [0.05, 0.1) is 24.5 Å². The van der Waals surface area contributed by atoms with Crippen molar-refractivity contribution in [3.05, 3.63) is 59.0 Å². The van der Waals surface area contributed by atoms with Crippen LogP contribution in [0.5, 0.6) is 0 Å². The lowest BCUT2D eigenvalue weighted by atomic mass is 10.2. The molecule has 0 saturated carbocycles. The smallest absolute Gasteiger partial charge is 0.253 e. The van der Waals surface area contributed by atoms with Crippen molar-refractivity contribution in [1.29, 1.82) is 0 Å². The Kier molecular flexibility index (Phi) is 4.78. The lowest BCUT2D eigenvalue weighted by Crippen LogP contribution is -2.52. The molecule has 4 heterocycles. The van der Waals surface area contributed by atoms with Crippen molar-refractivity contribution in [2.45, 2.75) is 4.21 Å². The van der Waals surface area contributed by atoms with Crippen molar-refractivity contribution in [1.82, 2.24) is 19.5 Å². The molecule has 153 valence electrons. The summed E-state index contributed by atoms with van der Waals surface area (Å²) < 4.78 is 28.4. The number of pyridine rings is 1. The van der Waals surface area contributed by atoms with Crippen molar-refractivity contribution in [2.24, 2.45) is 0 Å². The third kappa shape index (κ3) is 3.47. The molecule has 1 aromatic carbocycles. The molecule has 7 nitrogen and oxygen atoms in total. The summed E-state index contributed by atoms with van der Waals surface area (Å²) in [5.74, 6) is -0.237. The highest BCUT2D eigenvalue weighted by Gasteiger charge is 2.34. The zero-order chi connectivity index (χ0) is 20.9. The average Bonchev–Trinajstić information content (AvgIpc) is 3.32. The van der Waals surface area contributed by atoms with Crippen molar-refractivity contribution >= 4 is 60.7 Å². The fourth-order valence-corrected chi connectivity index (χ4v) is 6.76. The van der Waals surface area contributed by atoms with Crippen LogP contribution in [0.2, 0.25) is 5.02 Å². The van der Waals surface area contributed by atoms with Gasteiger partial charge in [0, 0.05) is 40.8 Å². The fourth-order valence-electron chi connectivity index (χ4n) is 3.55. The van der Waals surface area contributed by atoms with E-state index in [-0.39, 0.29) is 23.2 Å². The predicted octanol–water partition coefficient (Wildman–Crippen LogP) is 3.07. The lowest BCUT2D eigenvalue weighted by Gasteiger charge is -2.33. The van der Waals surface area contributed by atoms with Crippen LogP contribution >= 0.6 is 22.9 Å². The second-order valence-electron chi connectivity index (χ2n) is 7.08. The van der Waals surface area contributed by atoms with E-state index in [9.17, 15) is 13.2 Å². The van der Waals surface area contributed by atoms with Crippen molar-refractivity contribution in [2.75, 3.05) is 26.2 Å². The first-order valence-corrected chi connectivity index (χ1v) is 11.9. The van der Waals surface area contributed by atoms with Gasteiger partial charge >= 0.3 is 0 Å². The Morgan fingerprint density at radius 1 is 1.17 bits per heavy atom. The van der Waals surface area contributed by atoms with Crippen LogP contribution in [0, 0.1) is 0 Å². The Labute approximate surface area is 182 Å². The number of thiophene rings is 1. The van der Waals surface area contributed by atoms with Crippen molar-refractivity contribution in [3.63, 3.8) is 0 Å². The van der Waals surface area contributed by atoms with Crippen LogP contribution in [-0.2, 0) is 14.8 Å². The number of hydrogen-bond acceptors (Lipinski definition) is 5. The standard InChI is InChI=1S/C20H16ClN4O3S2/c21-15-2-1-13-8-20(29-18(13)9-15)30(27,28)25-6-5-24(19(26)12-25)11-16-7-14-10-22-4-3-17(14)23-16/h1-4,7-10H,5-6,11-12H2. The molecule has 0 aliphatic carbocycles. The average molecular weight is 460 g/mol. The number of rotatable bonds is 4. The first-order valence-electron chi connectivity index (χ1n) is 9.23. The minimum Gasteiger partial charge on any atom is -0.334 e. The molecule has 3 aromatic rings. The van der Waals surface area contributed by atoms with E-state index in [2.05, 4.69) is 10.3 Å². The second kappa shape index (κ2) is 7.35. The van der Waals surface area contributed by atoms with Gasteiger partial charge in [-0.1, -0.05) is 17.7 Å². The van der Waals surface area contributed by atoms with Gasteiger partial charge in [-0.25, -0.2) is 8.42 Å². The normalized spacial score (nSPS) is 17.2. The minimum absolute atomic E-state index is 0.181. The Morgan fingerprint density at radius 2 is 2.03 bits per heavy atom. The molecule has 1 saturated heterocycles. The summed E-state index contributed by atoms with van der Waals surface area (Å²) in [6, 6.07) is 8.73. The molecule has 1 amide bonds. The molecule has 2 aromatic heterocycles. The van der Waals surface area contributed by atoms with Gasteiger partial charge in [0.2, 0.25) is 5.91 Å². The number of halogens is 1. The quantitative estimate of drug-likeness (QED) is 0.600. The van der Waals surface area contributed by atoms with E-state index in [1.54, 1.807) is 41.6 Å². The number of piperazine rings is 1. The Hall–Kier alpha value is -2.46. The van der Waals surface area contributed by atoms with Crippen molar-refractivity contribution in [3.8, 4) is 0 Å². The molecular weight excluding hydrogens is 444 g/mol. The molecule has 1 radical (unpaired) electrons. The molecule has 0 atom stereocenters. The van der Waals surface area contributed by atoms with Gasteiger partial charge < -0.3 is 4.90 Å². The molecule has 0 N–H and O–H groups in total. The van der Waals surface area contributed by atoms with Gasteiger partial charge in [-0.2, -0.15) is 4.31 Å². The number of fused-ring (bicyclic) bond motifs is 2. The lowest BCUT2D eigenvalue weighted by molar-refractivity contribution is -0.133. The van der Waals surface area contributed by atoms with E-state index < -0.39 is 10.0 Å². The van der Waals surface area contributed by atoms with E-state index in [1.165, 1.54) is 4.31 Å². The van der Waals surface area contributed by atoms with Crippen LogP contribution in [0.1, 0.15) is 5.56 Å². The topological polar surface area (TPSA) is 84.7 Å². The SMILES string of the molecule is O=C1CN(S(=O)(=O)c2cc3ccc(Cl)cc3s2)CCN1CC1=Cc2cnccc2[N]1. The molecule has 0 bridgehead atoms. The summed E-state index contributed by atoms with van der Waals surface area (Å²) in [7, 11) is -3.75. The first-order chi connectivity index (χ1) is 14.4. The second-order valence-corrected chi connectivity index (χ2v) is 10.8. The molecule has 0 unspecified atom stereocenters. The van der Waals surface area contributed by atoms with E-state index in [4.69, 9.17) is 11.6 Å². The number of amides is 1. The molecule has 2 aliphatic rings. The highest BCUT2D eigenvalue weighted by atomic mass is 35.5. The van der Waals surface area contributed by atoms with Crippen LogP contribution < -0.4 is 5.32 Å². The Balaban J connectivity index is 1.30. The summed E-state index contributed by atoms with van der Waals surface area (Å²) in [6.07, 6.45) is 5.31. The number of benzene rings is 1. The van der Waals surface area contributed by atoms with Gasteiger partial charge in [0.25, 0.3) is 10.0 Å². The summed E-state index contributed by atoms with van der Waals surface area (Å²) in [6.45, 7) is 0.725. The molecule has 1 fully saturated rings. The Morgan fingerprint density at radius 3 is 2.83 bits per heavy atom. The maximum absolute atomic E-state index is 13.1. The van der Waals surface area contributed by atoms with Gasteiger partial charge in [0.15, 0.2) is 0 Å². The molecule has 0 spiro atoms. The van der Waals surface area contributed by atoms with Crippen LogP contribution in [-0.4, -0.2) is 54.7 Å². The van der Waals surface area contributed by atoms with Gasteiger partial charge in [0.1, 0.15) is 4.21 Å². The first kappa shape index (κ1) is 19.5. The van der Waals surface area contributed by atoms with E-state index in [0.717, 1.165) is 38.4 Å². The number of aromatic nitrogens is 1. The maximum atomic E-state index is 13.1. The van der Waals surface area contributed by atoms with Crippen LogP contribution in [0.4, 0.5) is 5.69 Å². The molecule has 30 heavy (non-hydrogen) atoms. The molecule has 5 rings (SSSR count). The van der Waals surface area contributed by atoms with Crippen LogP contribution in [0.25, 0.3) is 16.2 Å². The molecule has 2 aliphatic heterocycles. The number of nitrogens with zero attached hydrogens (tertiary/aromatic N) is 4. The third-order valence-corrected chi connectivity index (χ3v) is 8.73. The highest BCUT2D eigenvalue weighted by molar-refractivity contribution is 7.91. The monoisotopic (exact) mass is 459 g/mol. The van der Waals surface area contributed by atoms with Crippen LogP contribution in [0.15, 0.2) is 52.6 Å². The zero-order valence-electron chi connectivity index (χ0n) is 15.7. The Bertz CT molecular complexity index is 1300. The van der Waals surface area contributed by atoms with E-state index in [0.29, 0.717) is 18.1 Å². The number of hydrogen-bond donors (Lipinski definition) is 0. The minimum atomic E-state index is -3.75. The van der Waals surface area contributed by atoms with Crippen molar-refractivity contribution < 1.29 is 13.2 Å². The molecule has 10 heteroatoms. The third-order valence-electron chi connectivity index (χ3n) is 5.10. The summed E-state index contributed by atoms with van der Waals surface area (Å²) in [5.41, 5.74) is 2.52. The maximum Gasteiger partial charge on any atom is 0.253 e.